The SMILES string of the molecule is [C-]#[N+]CCCP(OC1C[C@H](n2cc(C#CCCCCCC)c(=O)[nH]c2=O)O[C@@H]1CC)N(C(C)C)C(C)C. The van der Waals surface area contributed by atoms with Gasteiger partial charge in [0, 0.05) is 43.7 Å². The first kappa shape index (κ1) is 31.3. The summed E-state index contributed by atoms with van der Waals surface area (Å²) >= 11 is 0. The minimum Gasteiger partial charge on any atom is -0.352 e. The third-order valence-electron chi connectivity index (χ3n) is 6.43. The van der Waals surface area contributed by atoms with Crippen molar-refractivity contribution in [3.63, 3.8) is 0 Å². The Hall–Kier alpha value is -1.96. The molecule has 1 fully saturated rings. The lowest BCUT2D eigenvalue weighted by Gasteiger charge is -2.38. The molecule has 37 heavy (non-hydrogen) atoms. The molecule has 0 bridgehead atoms. The quantitative estimate of drug-likeness (QED) is 0.144. The maximum Gasteiger partial charge on any atom is 0.330 e. The molecule has 0 saturated carbocycles. The molecule has 2 rings (SSSR count). The number of ether oxygens (including phenoxy) is 1. The van der Waals surface area contributed by atoms with Gasteiger partial charge in [-0.25, -0.2) is 11.4 Å². The standard InChI is InChI=1S/C28H45N4O4P/c1-8-10-11-12-13-14-16-23-20-31(28(34)30-27(23)33)26-19-25(24(9-2)35-26)36-37(18-15-17-29-7)32(21(3)4)22(5)6/h20-22,24-26H,8-13,15,17-19H2,1-6H3,(H,30,33,34)/t24-,25?,26-,37?/m1/s1. The first-order valence-corrected chi connectivity index (χ1v) is 15.2. The van der Waals surface area contributed by atoms with Gasteiger partial charge in [-0.3, -0.25) is 19.0 Å². The molecule has 1 aromatic heterocycles. The summed E-state index contributed by atoms with van der Waals surface area (Å²) in [6, 6.07) is 0.615. The average Bonchev–Trinajstić information content (AvgIpc) is 3.24. The molecule has 8 nitrogen and oxygen atoms in total. The maximum atomic E-state index is 12.7. The number of aromatic nitrogens is 2. The Bertz CT molecular complexity index is 1040. The fraction of sp³-hybridized carbons (Fsp3) is 0.750. The van der Waals surface area contributed by atoms with E-state index in [4.69, 9.17) is 15.8 Å². The maximum absolute atomic E-state index is 12.7. The van der Waals surface area contributed by atoms with Crippen LogP contribution in [-0.4, -0.2) is 51.2 Å². The van der Waals surface area contributed by atoms with Crippen molar-refractivity contribution in [3.05, 3.63) is 44.0 Å². The summed E-state index contributed by atoms with van der Waals surface area (Å²) < 4.78 is 16.9. The van der Waals surface area contributed by atoms with E-state index in [9.17, 15) is 9.59 Å². The van der Waals surface area contributed by atoms with Gasteiger partial charge in [-0.1, -0.05) is 45.0 Å². The molecule has 2 unspecified atom stereocenters. The van der Waals surface area contributed by atoms with Gasteiger partial charge in [-0.15, -0.1) is 0 Å². The molecule has 1 saturated heterocycles. The summed E-state index contributed by atoms with van der Waals surface area (Å²) in [4.78, 5) is 31.0. The second-order valence-corrected chi connectivity index (χ2v) is 11.9. The lowest BCUT2D eigenvalue weighted by atomic mass is 10.1. The Labute approximate surface area is 223 Å². The van der Waals surface area contributed by atoms with Crippen LogP contribution in [0.1, 0.15) is 105 Å². The van der Waals surface area contributed by atoms with Crippen LogP contribution in [0.25, 0.3) is 4.85 Å². The molecule has 9 heteroatoms. The molecule has 1 aliphatic rings. The molecule has 0 aromatic carbocycles. The smallest absolute Gasteiger partial charge is 0.330 e. The molecule has 1 aromatic rings. The Morgan fingerprint density at radius 3 is 2.57 bits per heavy atom. The van der Waals surface area contributed by atoms with Gasteiger partial charge in [-0.05, 0) is 40.5 Å². The van der Waals surface area contributed by atoms with Crippen LogP contribution in [0.15, 0.2) is 15.8 Å². The number of aromatic amines is 1. The fourth-order valence-electron chi connectivity index (χ4n) is 4.71. The van der Waals surface area contributed by atoms with Crippen molar-refractivity contribution in [3.8, 4) is 11.8 Å². The van der Waals surface area contributed by atoms with E-state index in [1.54, 1.807) is 0 Å². The summed E-state index contributed by atoms with van der Waals surface area (Å²) in [5, 5.41) is 0. The number of hydrogen-bond donors (Lipinski definition) is 1. The fourth-order valence-corrected chi connectivity index (χ4v) is 7.13. The predicted molar refractivity (Wildman–Crippen MR) is 151 cm³/mol. The minimum absolute atomic E-state index is 0.163. The van der Waals surface area contributed by atoms with E-state index in [1.807, 2.05) is 0 Å². The van der Waals surface area contributed by atoms with Gasteiger partial charge < -0.3 is 14.1 Å². The Morgan fingerprint density at radius 2 is 1.95 bits per heavy atom. The molecule has 4 atom stereocenters. The second-order valence-electron chi connectivity index (χ2n) is 10.1. The van der Waals surface area contributed by atoms with Crippen molar-refractivity contribution in [2.45, 2.75) is 123 Å². The zero-order valence-corrected chi connectivity index (χ0v) is 24.4. The highest BCUT2D eigenvalue weighted by atomic mass is 31.2. The number of nitrogens with one attached hydrogen (secondary N) is 1. The first-order valence-electron chi connectivity index (χ1n) is 13.8. The van der Waals surface area contributed by atoms with Crippen molar-refractivity contribution in [1.29, 1.82) is 0 Å². The summed E-state index contributed by atoms with van der Waals surface area (Å²) in [5.41, 5.74) is -0.680. The van der Waals surface area contributed by atoms with E-state index >= 15 is 0 Å². The molecule has 0 aliphatic carbocycles. The van der Waals surface area contributed by atoms with Gasteiger partial charge in [0.15, 0.2) is 0 Å². The topological polar surface area (TPSA) is 80.9 Å². The molecule has 1 N–H and O–H groups in total. The van der Waals surface area contributed by atoms with E-state index in [-0.39, 0.29) is 17.8 Å². The highest BCUT2D eigenvalue weighted by Crippen LogP contribution is 2.49. The second kappa shape index (κ2) is 16.1. The van der Waals surface area contributed by atoms with Gasteiger partial charge in [0.05, 0.1) is 12.2 Å². The Kier molecular flexibility index (Phi) is 13.6. The van der Waals surface area contributed by atoms with E-state index in [0.717, 1.165) is 38.3 Å². The van der Waals surface area contributed by atoms with Crippen LogP contribution in [0.2, 0.25) is 0 Å². The van der Waals surface area contributed by atoms with Crippen molar-refractivity contribution in [2.24, 2.45) is 0 Å². The van der Waals surface area contributed by atoms with Crippen LogP contribution < -0.4 is 11.2 Å². The van der Waals surface area contributed by atoms with Crippen molar-refractivity contribution in [1.82, 2.24) is 14.2 Å². The predicted octanol–water partition coefficient (Wildman–Crippen LogP) is 5.68. The van der Waals surface area contributed by atoms with Gasteiger partial charge in [0.25, 0.3) is 5.56 Å². The van der Waals surface area contributed by atoms with E-state index in [1.165, 1.54) is 23.6 Å². The molecular weight excluding hydrogens is 487 g/mol. The third kappa shape index (κ3) is 9.38. The summed E-state index contributed by atoms with van der Waals surface area (Å²) in [5.74, 6) is 6.03. The van der Waals surface area contributed by atoms with Gasteiger partial charge in [0.1, 0.15) is 20.1 Å². The summed E-state index contributed by atoms with van der Waals surface area (Å²) in [6.45, 7) is 20.5. The van der Waals surface area contributed by atoms with E-state index in [0.29, 0.717) is 25.0 Å². The molecule has 0 amide bonds. The molecule has 2 heterocycles. The Morgan fingerprint density at radius 1 is 1.22 bits per heavy atom. The van der Waals surface area contributed by atoms with Gasteiger partial charge in [-0.2, -0.15) is 0 Å². The van der Waals surface area contributed by atoms with Crippen LogP contribution in [0.3, 0.4) is 0 Å². The van der Waals surface area contributed by atoms with Crippen LogP contribution in [-0.2, 0) is 9.26 Å². The minimum atomic E-state index is -0.937. The first-order chi connectivity index (χ1) is 17.7. The molecule has 206 valence electrons. The Balaban J connectivity index is 2.23. The number of nitrogens with zero attached hydrogens (tertiary/aromatic N) is 3. The molecule has 0 spiro atoms. The van der Waals surface area contributed by atoms with E-state index < -0.39 is 25.8 Å². The number of rotatable bonds is 14. The average molecular weight is 533 g/mol. The van der Waals surface area contributed by atoms with Crippen molar-refractivity contribution in [2.75, 3.05) is 12.7 Å². The van der Waals surface area contributed by atoms with Crippen LogP contribution in [0.5, 0.6) is 0 Å². The zero-order chi connectivity index (χ0) is 27.4. The highest BCUT2D eigenvalue weighted by molar-refractivity contribution is 7.50. The largest absolute Gasteiger partial charge is 0.352 e. The van der Waals surface area contributed by atoms with Crippen molar-refractivity contribution >= 4 is 8.30 Å². The highest BCUT2D eigenvalue weighted by Gasteiger charge is 2.39. The van der Waals surface area contributed by atoms with Crippen molar-refractivity contribution < 1.29 is 9.26 Å². The summed E-state index contributed by atoms with van der Waals surface area (Å²) in [6.07, 6.45) is 8.74. The summed E-state index contributed by atoms with van der Waals surface area (Å²) in [7, 11) is -0.937. The molecular formula is C28H45N4O4P. The lowest BCUT2D eigenvalue weighted by Crippen LogP contribution is -2.36. The van der Waals surface area contributed by atoms with Crippen LogP contribution in [0.4, 0.5) is 0 Å². The molecule has 0 radical (unpaired) electrons. The van der Waals surface area contributed by atoms with Gasteiger partial charge in [0.2, 0.25) is 6.54 Å². The van der Waals surface area contributed by atoms with Gasteiger partial charge >= 0.3 is 5.69 Å². The lowest BCUT2D eigenvalue weighted by molar-refractivity contribution is -0.0178. The van der Waals surface area contributed by atoms with Crippen LogP contribution >= 0.6 is 8.30 Å². The monoisotopic (exact) mass is 532 g/mol. The van der Waals surface area contributed by atoms with E-state index in [2.05, 4.69) is 67.9 Å². The molecule has 1 aliphatic heterocycles. The van der Waals surface area contributed by atoms with Crippen LogP contribution in [0, 0.1) is 18.4 Å². The number of H-pyrrole nitrogens is 1. The number of hydrogen-bond acceptors (Lipinski definition) is 5. The zero-order valence-electron chi connectivity index (χ0n) is 23.5. The normalized spacial score (nSPS) is 20.3. The third-order valence-corrected chi connectivity index (χ3v) is 9.08. The number of unbranched alkanes of at least 4 members (excludes halogenated alkanes) is 4.